The number of nitrogens with one attached hydrogen (secondary N) is 2. The van der Waals surface area contributed by atoms with E-state index in [2.05, 4.69) is 31.5 Å². The van der Waals surface area contributed by atoms with Crippen LogP contribution in [0.4, 0.5) is 10.8 Å². The smallest absolute Gasteiger partial charge is 0.240 e. The summed E-state index contributed by atoms with van der Waals surface area (Å²) < 4.78 is 0.877. The molecule has 1 aromatic carbocycles. The summed E-state index contributed by atoms with van der Waals surface area (Å²) >= 11 is 4.98. The third kappa shape index (κ3) is 5.40. The molecule has 6 nitrogen and oxygen atoms in total. The molecule has 28 heavy (non-hydrogen) atoms. The molecule has 0 saturated carbocycles. The standard InChI is InChI=1S/C20H25BrN4O2S/c1-12-6-7-17(16(21)9-12)23-19(27)15-5-4-8-25(10-15)11-18(26)24-20-22-13(2)14(3)28-20/h6-7,9,15H,4-5,8,10-11H2,1-3H3,(H,23,27)(H,22,24,26). The van der Waals surface area contributed by atoms with Gasteiger partial charge in [0.05, 0.1) is 23.8 Å². The molecule has 1 aromatic heterocycles. The molecule has 1 aliphatic rings. The van der Waals surface area contributed by atoms with Gasteiger partial charge in [0.1, 0.15) is 0 Å². The van der Waals surface area contributed by atoms with Crippen LogP contribution in [0.25, 0.3) is 0 Å². The van der Waals surface area contributed by atoms with Crippen LogP contribution in [-0.4, -0.2) is 41.3 Å². The van der Waals surface area contributed by atoms with Gasteiger partial charge in [-0.2, -0.15) is 0 Å². The van der Waals surface area contributed by atoms with Gasteiger partial charge in [-0.05, 0) is 73.8 Å². The van der Waals surface area contributed by atoms with E-state index in [1.165, 1.54) is 11.3 Å². The van der Waals surface area contributed by atoms with Crippen molar-refractivity contribution in [3.8, 4) is 0 Å². The van der Waals surface area contributed by atoms with Crippen LogP contribution in [0.15, 0.2) is 22.7 Å². The van der Waals surface area contributed by atoms with Crippen LogP contribution < -0.4 is 10.6 Å². The summed E-state index contributed by atoms with van der Waals surface area (Å²) in [6, 6.07) is 5.86. The Bertz CT molecular complexity index is 864. The summed E-state index contributed by atoms with van der Waals surface area (Å²) in [6.45, 7) is 7.61. The van der Waals surface area contributed by atoms with Crippen LogP contribution in [0.2, 0.25) is 0 Å². The predicted molar refractivity (Wildman–Crippen MR) is 117 cm³/mol. The Labute approximate surface area is 177 Å². The highest BCUT2D eigenvalue weighted by Gasteiger charge is 2.27. The van der Waals surface area contributed by atoms with E-state index in [1.807, 2.05) is 43.9 Å². The molecule has 8 heteroatoms. The van der Waals surface area contributed by atoms with Gasteiger partial charge in [0.2, 0.25) is 11.8 Å². The number of aryl methyl sites for hydroxylation is 3. The number of likely N-dealkylation sites (tertiary alicyclic amines) is 1. The molecule has 2 amide bonds. The van der Waals surface area contributed by atoms with E-state index < -0.39 is 0 Å². The molecular weight excluding hydrogens is 440 g/mol. The summed E-state index contributed by atoms with van der Waals surface area (Å²) in [6.07, 6.45) is 1.73. The first-order valence-electron chi connectivity index (χ1n) is 9.35. The second-order valence-corrected chi connectivity index (χ2v) is 9.31. The number of thiazole rings is 1. The van der Waals surface area contributed by atoms with Gasteiger partial charge in [-0.3, -0.25) is 14.5 Å². The molecule has 1 aliphatic heterocycles. The molecule has 3 rings (SSSR count). The molecule has 0 spiro atoms. The maximum Gasteiger partial charge on any atom is 0.240 e. The SMILES string of the molecule is Cc1ccc(NC(=O)C2CCCN(CC(=O)Nc3nc(C)c(C)s3)C2)c(Br)c1. The summed E-state index contributed by atoms with van der Waals surface area (Å²) in [5, 5.41) is 6.51. The highest BCUT2D eigenvalue weighted by atomic mass is 79.9. The second-order valence-electron chi connectivity index (χ2n) is 7.26. The van der Waals surface area contributed by atoms with Crippen molar-refractivity contribution in [3.05, 3.63) is 38.8 Å². The number of amides is 2. The van der Waals surface area contributed by atoms with Crippen LogP contribution in [0.3, 0.4) is 0 Å². The van der Waals surface area contributed by atoms with Gasteiger partial charge in [0, 0.05) is 15.9 Å². The molecule has 150 valence electrons. The number of aromatic nitrogens is 1. The molecule has 0 radical (unpaired) electrons. The highest BCUT2D eigenvalue weighted by Crippen LogP contribution is 2.26. The number of anilines is 2. The number of carbonyl (C=O) groups excluding carboxylic acids is 2. The van der Waals surface area contributed by atoms with E-state index in [-0.39, 0.29) is 24.3 Å². The monoisotopic (exact) mass is 464 g/mol. The molecule has 0 bridgehead atoms. The largest absolute Gasteiger partial charge is 0.325 e. The van der Waals surface area contributed by atoms with Crippen LogP contribution in [-0.2, 0) is 9.59 Å². The van der Waals surface area contributed by atoms with Crippen molar-refractivity contribution >= 4 is 49.9 Å². The Morgan fingerprint density at radius 3 is 2.75 bits per heavy atom. The first kappa shape index (κ1) is 21.0. The lowest BCUT2D eigenvalue weighted by atomic mass is 9.97. The zero-order chi connectivity index (χ0) is 20.3. The summed E-state index contributed by atoms with van der Waals surface area (Å²) in [7, 11) is 0. The molecule has 1 fully saturated rings. The van der Waals surface area contributed by atoms with Crippen molar-refractivity contribution in [2.45, 2.75) is 33.6 Å². The second kappa shape index (κ2) is 9.15. The van der Waals surface area contributed by atoms with Crippen LogP contribution in [0, 0.1) is 26.7 Å². The Balaban J connectivity index is 1.54. The number of nitrogens with zero attached hydrogens (tertiary/aromatic N) is 2. The fraction of sp³-hybridized carbons (Fsp3) is 0.450. The molecule has 1 saturated heterocycles. The van der Waals surface area contributed by atoms with Gasteiger partial charge in [0.15, 0.2) is 5.13 Å². The first-order valence-corrected chi connectivity index (χ1v) is 11.0. The number of piperidine rings is 1. The normalized spacial score (nSPS) is 17.4. The quantitative estimate of drug-likeness (QED) is 0.697. The fourth-order valence-electron chi connectivity index (χ4n) is 3.26. The van der Waals surface area contributed by atoms with Crippen molar-refractivity contribution in [2.24, 2.45) is 5.92 Å². The van der Waals surface area contributed by atoms with Crippen LogP contribution in [0.1, 0.15) is 29.0 Å². The molecular formula is C20H25BrN4O2S. The lowest BCUT2D eigenvalue weighted by molar-refractivity contribution is -0.123. The number of halogens is 1. The van der Waals surface area contributed by atoms with Crippen molar-refractivity contribution in [1.29, 1.82) is 0 Å². The van der Waals surface area contributed by atoms with Crippen molar-refractivity contribution in [1.82, 2.24) is 9.88 Å². The van der Waals surface area contributed by atoms with Crippen LogP contribution in [0.5, 0.6) is 0 Å². The van der Waals surface area contributed by atoms with E-state index in [1.54, 1.807) is 0 Å². The minimum Gasteiger partial charge on any atom is -0.325 e. The molecule has 0 aliphatic carbocycles. The average molecular weight is 465 g/mol. The minimum absolute atomic E-state index is 0.000772. The zero-order valence-corrected chi connectivity index (χ0v) is 18.7. The molecule has 1 unspecified atom stereocenters. The first-order chi connectivity index (χ1) is 13.3. The number of carbonyl (C=O) groups is 2. The molecule has 2 aromatic rings. The Morgan fingerprint density at radius 2 is 2.07 bits per heavy atom. The Hall–Kier alpha value is -1.77. The van der Waals surface area contributed by atoms with Crippen molar-refractivity contribution in [3.63, 3.8) is 0 Å². The lowest BCUT2D eigenvalue weighted by Crippen LogP contribution is -2.44. The maximum absolute atomic E-state index is 12.7. The van der Waals surface area contributed by atoms with Crippen molar-refractivity contribution < 1.29 is 9.59 Å². The molecule has 1 atom stereocenters. The van der Waals surface area contributed by atoms with Crippen molar-refractivity contribution in [2.75, 3.05) is 30.3 Å². The van der Waals surface area contributed by atoms with E-state index in [0.717, 1.165) is 45.7 Å². The number of hydrogen-bond donors (Lipinski definition) is 2. The number of benzene rings is 1. The van der Waals surface area contributed by atoms with E-state index in [0.29, 0.717) is 11.7 Å². The topological polar surface area (TPSA) is 74.3 Å². The third-order valence-electron chi connectivity index (χ3n) is 4.90. The van der Waals surface area contributed by atoms with Crippen LogP contribution >= 0.6 is 27.3 Å². The molecule has 2 heterocycles. The Kier molecular flexibility index (Phi) is 6.85. The summed E-state index contributed by atoms with van der Waals surface area (Å²) in [5.41, 5.74) is 2.85. The number of rotatable bonds is 5. The van der Waals surface area contributed by atoms with Gasteiger partial charge in [-0.15, -0.1) is 11.3 Å². The van der Waals surface area contributed by atoms with E-state index in [9.17, 15) is 9.59 Å². The Morgan fingerprint density at radius 1 is 1.29 bits per heavy atom. The lowest BCUT2D eigenvalue weighted by Gasteiger charge is -2.31. The summed E-state index contributed by atoms with van der Waals surface area (Å²) in [5.74, 6) is -0.212. The van der Waals surface area contributed by atoms with Gasteiger partial charge in [-0.1, -0.05) is 6.07 Å². The predicted octanol–water partition coefficient (Wildman–Crippen LogP) is 4.12. The highest BCUT2D eigenvalue weighted by molar-refractivity contribution is 9.10. The van der Waals surface area contributed by atoms with E-state index >= 15 is 0 Å². The fourth-order valence-corrected chi connectivity index (χ4v) is 4.68. The van der Waals surface area contributed by atoms with Gasteiger partial charge < -0.3 is 10.6 Å². The zero-order valence-electron chi connectivity index (χ0n) is 16.3. The van der Waals surface area contributed by atoms with Gasteiger partial charge in [0.25, 0.3) is 0 Å². The maximum atomic E-state index is 12.7. The minimum atomic E-state index is -0.126. The average Bonchev–Trinajstić information content (AvgIpc) is 2.94. The van der Waals surface area contributed by atoms with Gasteiger partial charge in [-0.25, -0.2) is 4.98 Å². The van der Waals surface area contributed by atoms with E-state index in [4.69, 9.17) is 0 Å². The van der Waals surface area contributed by atoms with Gasteiger partial charge >= 0.3 is 0 Å². The third-order valence-corrected chi connectivity index (χ3v) is 6.55. The summed E-state index contributed by atoms with van der Waals surface area (Å²) in [4.78, 5) is 32.5. The molecule has 2 N–H and O–H groups in total. The number of hydrogen-bond acceptors (Lipinski definition) is 5.